The van der Waals surface area contributed by atoms with Crippen LogP contribution in [0.1, 0.15) is 25.0 Å². The van der Waals surface area contributed by atoms with E-state index in [-0.39, 0.29) is 0 Å². The second-order valence-electron chi connectivity index (χ2n) is 5.58. The van der Waals surface area contributed by atoms with Crippen LogP contribution >= 0.6 is 0 Å². The summed E-state index contributed by atoms with van der Waals surface area (Å²) in [7, 11) is 3.57. The Balaban J connectivity index is 3.05. The first-order chi connectivity index (χ1) is 8.70. The highest BCUT2D eigenvalue weighted by molar-refractivity contribution is 5.75. The molecule has 0 saturated carbocycles. The van der Waals surface area contributed by atoms with E-state index in [4.69, 9.17) is 4.74 Å². The minimum atomic E-state index is -0.790. The lowest BCUT2D eigenvalue weighted by Gasteiger charge is -2.30. The predicted molar refractivity (Wildman–Crippen MR) is 77.2 cm³/mol. The Morgan fingerprint density at radius 3 is 2.37 bits per heavy atom. The van der Waals surface area contributed by atoms with E-state index in [0.29, 0.717) is 6.54 Å². The van der Waals surface area contributed by atoms with E-state index in [1.807, 2.05) is 37.9 Å². The van der Waals surface area contributed by atoms with Crippen LogP contribution in [0.4, 0.5) is 5.69 Å². The summed E-state index contributed by atoms with van der Waals surface area (Å²) in [5.74, 6) is 0.0642. The van der Waals surface area contributed by atoms with Crippen LogP contribution in [0, 0.1) is 19.3 Å². The molecule has 19 heavy (non-hydrogen) atoms. The van der Waals surface area contributed by atoms with Crippen LogP contribution in [0.15, 0.2) is 12.1 Å². The van der Waals surface area contributed by atoms with Crippen molar-refractivity contribution in [3.05, 3.63) is 23.3 Å². The largest absolute Gasteiger partial charge is 0.496 e. The summed E-state index contributed by atoms with van der Waals surface area (Å²) in [5.41, 5.74) is 2.45. The summed E-state index contributed by atoms with van der Waals surface area (Å²) in [4.78, 5) is 13.2. The Hall–Kier alpha value is -1.71. The highest BCUT2D eigenvalue weighted by atomic mass is 16.5. The molecule has 0 bridgehead atoms. The van der Waals surface area contributed by atoms with Crippen molar-refractivity contribution in [3.8, 4) is 5.75 Å². The van der Waals surface area contributed by atoms with Gasteiger partial charge >= 0.3 is 5.97 Å². The number of hydrogen-bond donors (Lipinski definition) is 1. The zero-order chi connectivity index (χ0) is 14.8. The van der Waals surface area contributed by atoms with Gasteiger partial charge in [0.15, 0.2) is 0 Å². The van der Waals surface area contributed by atoms with Crippen LogP contribution in [0.2, 0.25) is 0 Å². The fourth-order valence-electron chi connectivity index (χ4n) is 2.16. The van der Waals surface area contributed by atoms with Crippen molar-refractivity contribution in [2.75, 3.05) is 25.6 Å². The molecule has 0 radical (unpaired) electrons. The number of aliphatic carboxylic acids is 1. The number of nitrogens with zero attached hydrogens (tertiary/aromatic N) is 1. The zero-order valence-corrected chi connectivity index (χ0v) is 12.6. The minimum absolute atomic E-state index is 0.453. The van der Waals surface area contributed by atoms with E-state index < -0.39 is 11.4 Å². The number of methoxy groups -OCH3 is 1. The zero-order valence-electron chi connectivity index (χ0n) is 12.6. The summed E-state index contributed by atoms with van der Waals surface area (Å²) >= 11 is 0. The molecule has 0 saturated heterocycles. The van der Waals surface area contributed by atoms with E-state index in [1.54, 1.807) is 21.0 Å². The second kappa shape index (κ2) is 5.51. The normalized spacial score (nSPS) is 11.3. The summed E-state index contributed by atoms with van der Waals surface area (Å²) in [5, 5.41) is 9.20. The Morgan fingerprint density at radius 1 is 1.32 bits per heavy atom. The molecule has 1 aromatic carbocycles. The second-order valence-corrected chi connectivity index (χ2v) is 5.58. The molecular weight excluding hydrogens is 242 g/mol. The van der Waals surface area contributed by atoms with Crippen molar-refractivity contribution in [1.29, 1.82) is 0 Å². The molecule has 0 aliphatic rings. The van der Waals surface area contributed by atoms with Gasteiger partial charge < -0.3 is 14.7 Å². The van der Waals surface area contributed by atoms with Gasteiger partial charge in [0.25, 0.3) is 0 Å². The maximum atomic E-state index is 11.2. The molecule has 1 N–H and O–H groups in total. The van der Waals surface area contributed by atoms with Crippen LogP contribution < -0.4 is 9.64 Å². The lowest BCUT2D eigenvalue weighted by atomic mass is 9.92. The van der Waals surface area contributed by atoms with Gasteiger partial charge in [0.05, 0.1) is 12.5 Å². The van der Waals surface area contributed by atoms with Crippen LogP contribution in [0.25, 0.3) is 0 Å². The number of hydrogen-bond acceptors (Lipinski definition) is 3. The van der Waals surface area contributed by atoms with Crippen LogP contribution in [0.5, 0.6) is 5.75 Å². The average molecular weight is 265 g/mol. The SMILES string of the molecule is COc1ccc(N(C)CC(C)(C)C(=O)O)c(C)c1C. The smallest absolute Gasteiger partial charge is 0.310 e. The van der Waals surface area contributed by atoms with Gasteiger partial charge in [0.2, 0.25) is 0 Å². The fraction of sp³-hybridized carbons (Fsp3) is 0.533. The molecule has 106 valence electrons. The van der Waals surface area contributed by atoms with Gasteiger partial charge in [-0.2, -0.15) is 0 Å². The van der Waals surface area contributed by atoms with E-state index in [9.17, 15) is 9.90 Å². The molecule has 0 atom stereocenters. The Morgan fingerprint density at radius 2 is 1.89 bits per heavy atom. The third-order valence-electron chi connectivity index (χ3n) is 3.55. The fourth-order valence-corrected chi connectivity index (χ4v) is 2.16. The number of benzene rings is 1. The average Bonchev–Trinajstić information content (AvgIpc) is 2.31. The minimum Gasteiger partial charge on any atom is -0.496 e. The molecular formula is C15H23NO3. The van der Waals surface area contributed by atoms with Crippen LogP contribution in [0.3, 0.4) is 0 Å². The number of carbonyl (C=O) groups is 1. The number of rotatable bonds is 5. The van der Waals surface area contributed by atoms with Crippen molar-refractivity contribution >= 4 is 11.7 Å². The van der Waals surface area contributed by atoms with Crippen LogP contribution in [-0.2, 0) is 4.79 Å². The standard InChI is InChI=1S/C15H23NO3/c1-10-11(2)13(19-6)8-7-12(10)16(5)9-15(3,4)14(17)18/h7-8H,9H2,1-6H3,(H,17,18). The highest BCUT2D eigenvalue weighted by Crippen LogP contribution is 2.30. The first-order valence-electron chi connectivity index (χ1n) is 6.29. The molecule has 4 nitrogen and oxygen atoms in total. The van der Waals surface area contributed by atoms with Crippen molar-refractivity contribution in [2.45, 2.75) is 27.7 Å². The molecule has 0 unspecified atom stereocenters. The molecule has 1 rings (SSSR count). The summed E-state index contributed by atoms with van der Waals surface area (Å²) in [6, 6.07) is 3.89. The number of anilines is 1. The van der Waals surface area contributed by atoms with Crippen LogP contribution in [-0.4, -0.2) is 31.8 Å². The Kier molecular flexibility index (Phi) is 4.45. The number of carboxylic acid groups (broad SMARTS) is 1. The van der Waals surface area contributed by atoms with E-state index >= 15 is 0 Å². The molecule has 0 amide bonds. The predicted octanol–water partition coefficient (Wildman–Crippen LogP) is 2.86. The van der Waals surface area contributed by atoms with Gasteiger partial charge in [-0.15, -0.1) is 0 Å². The first kappa shape index (κ1) is 15.3. The first-order valence-corrected chi connectivity index (χ1v) is 6.29. The molecule has 1 aromatic rings. The van der Waals surface area contributed by atoms with Crippen molar-refractivity contribution in [3.63, 3.8) is 0 Å². The number of ether oxygens (including phenoxy) is 1. The third kappa shape index (κ3) is 3.19. The monoisotopic (exact) mass is 265 g/mol. The number of carboxylic acids is 1. The molecule has 0 aliphatic heterocycles. The summed E-state index contributed by atoms with van der Waals surface area (Å²) < 4.78 is 5.29. The summed E-state index contributed by atoms with van der Waals surface area (Å²) in [6.07, 6.45) is 0. The lowest BCUT2D eigenvalue weighted by Crippen LogP contribution is -2.37. The van der Waals surface area contributed by atoms with Gasteiger partial charge in [-0.3, -0.25) is 4.79 Å². The van der Waals surface area contributed by atoms with E-state index in [1.165, 1.54) is 0 Å². The molecule has 0 spiro atoms. The van der Waals surface area contributed by atoms with Gasteiger partial charge in [0.1, 0.15) is 5.75 Å². The van der Waals surface area contributed by atoms with Gasteiger partial charge in [-0.05, 0) is 51.0 Å². The van der Waals surface area contributed by atoms with Gasteiger partial charge in [0, 0.05) is 19.3 Å². The third-order valence-corrected chi connectivity index (χ3v) is 3.55. The Bertz CT molecular complexity index is 481. The lowest BCUT2D eigenvalue weighted by molar-refractivity contribution is -0.146. The van der Waals surface area contributed by atoms with E-state index in [2.05, 4.69) is 0 Å². The Labute approximate surface area is 115 Å². The van der Waals surface area contributed by atoms with Crippen molar-refractivity contribution in [2.24, 2.45) is 5.41 Å². The topological polar surface area (TPSA) is 49.8 Å². The van der Waals surface area contributed by atoms with Gasteiger partial charge in [-0.25, -0.2) is 0 Å². The molecule has 0 aromatic heterocycles. The quantitative estimate of drug-likeness (QED) is 0.889. The van der Waals surface area contributed by atoms with E-state index in [0.717, 1.165) is 22.6 Å². The maximum absolute atomic E-state index is 11.2. The van der Waals surface area contributed by atoms with Gasteiger partial charge in [-0.1, -0.05) is 0 Å². The molecule has 4 heteroatoms. The molecule has 0 fully saturated rings. The summed E-state index contributed by atoms with van der Waals surface area (Å²) in [6.45, 7) is 7.95. The van der Waals surface area contributed by atoms with Crippen molar-refractivity contribution < 1.29 is 14.6 Å². The highest BCUT2D eigenvalue weighted by Gasteiger charge is 2.29. The molecule has 0 aliphatic carbocycles. The molecule has 0 heterocycles. The maximum Gasteiger partial charge on any atom is 0.310 e. The van der Waals surface area contributed by atoms with Crippen molar-refractivity contribution in [1.82, 2.24) is 0 Å².